The zero-order valence-corrected chi connectivity index (χ0v) is 21.5. The van der Waals surface area contributed by atoms with Gasteiger partial charge in [0.15, 0.2) is 0 Å². The highest BCUT2D eigenvalue weighted by Gasteiger charge is 2.31. The van der Waals surface area contributed by atoms with Crippen molar-refractivity contribution < 1.29 is 32.7 Å². The number of hydrogen-bond acceptors (Lipinski definition) is 6. The van der Waals surface area contributed by atoms with Crippen LogP contribution in [0.15, 0.2) is 77.8 Å². The Bertz CT molecular complexity index is 1620. The molecule has 0 radical (unpaired) electrons. The molecule has 2 aromatic carbocycles. The molecule has 0 aliphatic rings. The van der Waals surface area contributed by atoms with Crippen molar-refractivity contribution in [3.05, 3.63) is 93.9 Å². The number of nitrogens with zero attached hydrogens (tertiary/aromatic N) is 2. The molecule has 0 unspecified atom stereocenters. The summed E-state index contributed by atoms with van der Waals surface area (Å²) in [7, 11) is 0. The average molecular weight is 574 g/mol. The quantitative estimate of drug-likeness (QED) is 0.176. The Labute approximate surface area is 228 Å². The molecule has 0 bridgehead atoms. The predicted molar refractivity (Wildman–Crippen MR) is 142 cm³/mol. The van der Waals surface area contributed by atoms with Gasteiger partial charge < -0.3 is 9.84 Å². The molecule has 7 nitrogen and oxygen atoms in total. The maximum absolute atomic E-state index is 12.8. The summed E-state index contributed by atoms with van der Waals surface area (Å²) in [5.41, 5.74) is 6.09. The Morgan fingerprint density at radius 3 is 2.56 bits per heavy atom. The second kappa shape index (κ2) is 10.9. The third-order valence-electron chi connectivity index (χ3n) is 5.78. The third-order valence-corrected chi connectivity index (χ3v) is 6.74. The average Bonchev–Trinajstić information content (AvgIpc) is 3.56. The predicted octanol–water partition coefficient (Wildman–Crippen LogP) is 7.70. The molecule has 39 heavy (non-hydrogen) atoms. The molecule has 12 heteroatoms. The van der Waals surface area contributed by atoms with E-state index in [4.69, 9.17) is 26.4 Å². The van der Waals surface area contributed by atoms with Gasteiger partial charge in [-0.2, -0.15) is 34.7 Å². The number of anilines is 1. The van der Waals surface area contributed by atoms with Crippen LogP contribution in [0.5, 0.6) is 11.6 Å². The number of aryl methyl sites for hydroxylation is 1. The molecule has 0 saturated heterocycles. The Balaban J connectivity index is 1.31. The fourth-order valence-electron chi connectivity index (χ4n) is 3.85. The first kappa shape index (κ1) is 26.4. The highest BCUT2D eigenvalue weighted by atomic mass is 35.5. The fraction of sp³-hybridized carbons (Fsp3) is 0.111. The van der Waals surface area contributed by atoms with Crippen molar-refractivity contribution in [2.45, 2.75) is 19.0 Å². The molecular weight excluding hydrogens is 555 g/mol. The number of fused-ring (bicyclic) bond motifs is 1. The Morgan fingerprint density at radius 1 is 1.10 bits per heavy atom. The zero-order valence-electron chi connectivity index (χ0n) is 19.9. The number of halogens is 4. The molecule has 0 amide bonds. The largest absolute Gasteiger partial charge is 0.481 e. The van der Waals surface area contributed by atoms with E-state index >= 15 is 0 Å². The van der Waals surface area contributed by atoms with Crippen LogP contribution in [0, 0.1) is 0 Å². The molecule has 0 aliphatic heterocycles. The highest BCUT2D eigenvalue weighted by molar-refractivity contribution is 7.08. The monoisotopic (exact) mass is 573 g/mol. The molecule has 0 spiro atoms. The number of pyridine rings is 1. The maximum Gasteiger partial charge on any atom is 0.417 e. The molecule has 0 atom stereocenters. The number of benzene rings is 2. The first-order chi connectivity index (χ1) is 18.7. The third kappa shape index (κ3) is 6.10. The summed E-state index contributed by atoms with van der Waals surface area (Å²) in [6, 6.07) is 15.1. The van der Waals surface area contributed by atoms with Crippen LogP contribution in [-0.4, -0.2) is 20.8 Å². The molecule has 3 aromatic heterocycles. The Hall–Kier alpha value is -4.22. The van der Waals surface area contributed by atoms with Crippen molar-refractivity contribution >= 4 is 45.5 Å². The van der Waals surface area contributed by atoms with Gasteiger partial charge in [-0.15, -0.1) is 0 Å². The lowest BCUT2D eigenvalue weighted by molar-refractivity contribution is -0.138. The lowest BCUT2D eigenvalue weighted by atomic mass is 10.0. The number of nitrogens with one attached hydrogen (secondary N) is 1. The molecule has 200 valence electrons. The SMILES string of the molecule is O=C(O)CCc1cn(ONc2ccc(Oc3ncc(C(F)(F)F)cc3Cl)cc2)c2ccc(-c3ccsc3)cc12. The molecule has 5 rings (SSSR count). The molecule has 0 fully saturated rings. The van der Waals surface area contributed by atoms with Gasteiger partial charge in [0.25, 0.3) is 0 Å². The van der Waals surface area contributed by atoms with Crippen LogP contribution in [0.1, 0.15) is 17.5 Å². The summed E-state index contributed by atoms with van der Waals surface area (Å²) < 4.78 is 45.5. The molecule has 2 N–H and O–H groups in total. The summed E-state index contributed by atoms with van der Waals surface area (Å²) in [6.07, 6.45) is -1.85. The minimum Gasteiger partial charge on any atom is -0.481 e. The zero-order chi connectivity index (χ0) is 27.6. The number of carboxylic acids is 1. The first-order valence-electron chi connectivity index (χ1n) is 11.5. The topological polar surface area (TPSA) is 85.6 Å². The minimum absolute atomic E-state index is 0.0194. The standard InChI is InChI=1S/C27H19ClF3N3O4S/c28-23-12-19(27(29,30)31)13-32-26(23)37-21-5-3-20(4-6-21)33-38-34-14-17(2-8-25(35)36)22-11-16(1-7-24(22)34)18-9-10-39-15-18/h1,3-7,9-15,33H,2,8H2,(H,35,36). The van der Waals surface area contributed by atoms with Gasteiger partial charge in [-0.1, -0.05) is 17.7 Å². The summed E-state index contributed by atoms with van der Waals surface area (Å²) in [5, 5.41) is 13.8. The number of carbonyl (C=O) groups is 1. The smallest absolute Gasteiger partial charge is 0.417 e. The van der Waals surface area contributed by atoms with Gasteiger partial charge in [0.05, 0.1) is 23.0 Å². The van der Waals surface area contributed by atoms with Crippen molar-refractivity contribution in [3.8, 4) is 22.8 Å². The van der Waals surface area contributed by atoms with E-state index in [1.807, 2.05) is 35.0 Å². The van der Waals surface area contributed by atoms with Crippen LogP contribution in [0.3, 0.4) is 0 Å². The number of thiophene rings is 1. The van der Waals surface area contributed by atoms with Gasteiger partial charge in [0.1, 0.15) is 10.8 Å². The molecule has 0 aliphatic carbocycles. The van der Waals surface area contributed by atoms with Crippen LogP contribution >= 0.6 is 22.9 Å². The minimum atomic E-state index is -4.56. The van der Waals surface area contributed by atoms with Gasteiger partial charge in [0.2, 0.25) is 5.88 Å². The summed E-state index contributed by atoms with van der Waals surface area (Å²) in [6.45, 7) is 0. The van der Waals surface area contributed by atoms with Gasteiger partial charge in [-0.3, -0.25) is 9.73 Å². The number of carboxylic acid groups (broad SMARTS) is 1. The van der Waals surface area contributed by atoms with Crippen molar-refractivity contribution in [2.75, 3.05) is 5.48 Å². The highest BCUT2D eigenvalue weighted by Crippen LogP contribution is 2.35. The van der Waals surface area contributed by atoms with Crippen LogP contribution in [0.4, 0.5) is 18.9 Å². The molecule has 3 heterocycles. The Kier molecular flexibility index (Phi) is 7.36. The molecular formula is C27H19ClF3N3O4S. The normalized spacial score (nSPS) is 11.5. The van der Waals surface area contributed by atoms with E-state index in [1.54, 1.807) is 41.8 Å². The first-order valence-corrected chi connectivity index (χ1v) is 12.8. The van der Waals surface area contributed by atoms with Crippen molar-refractivity contribution in [3.63, 3.8) is 0 Å². The van der Waals surface area contributed by atoms with Crippen LogP contribution < -0.4 is 15.2 Å². The molecule has 5 aromatic rings. The summed E-state index contributed by atoms with van der Waals surface area (Å²) >= 11 is 7.50. The van der Waals surface area contributed by atoms with Gasteiger partial charge in [0, 0.05) is 18.0 Å². The van der Waals surface area contributed by atoms with Crippen molar-refractivity contribution in [2.24, 2.45) is 0 Å². The van der Waals surface area contributed by atoms with Gasteiger partial charge >= 0.3 is 12.1 Å². The summed E-state index contributed by atoms with van der Waals surface area (Å²) in [5.74, 6) is -0.742. The number of ether oxygens (including phenoxy) is 1. The van der Waals surface area contributed by atoms with E-state index in [9.17, 15) is 18.0 Å². The van der Waals surface area contributed by atoms with E-state index in [0.29, 0.717) is 24.1 Å². The number of hydrogen-bond donors (Lipinski definition) is 2. The van der Waals surface area contributed by atoms with Crippen molar-refractivity contribution in [1.29, 1.82) is 0 Å². The van der Waals surface area contributed by atoms with Crippen LogP contribution in [0.25, 0.3) is 22.0 Å². The number of alkyl halides is 3. The van der Waals surface area contributed by atoms with Gasteiger partial charge in [-0.05, 0) is 82.4 Å². The van der Waals surface area contributed by atoms with Crippen LogP contribution in [0.2, 0.25) is 5.02 Å². The van der Waals surface area contributed by atoms with E-state index in [-0.39, 0.29) is 17.3 Å². The second-order valence-corrected chi connectivity index (χ2v) is 9.63. The number of rotatable bonds is 9. The second-order valence-electron chi connectivity index (χ2n) is 8.45. The lowest BCUT2D eigenvalue weighted by Gasteiger charge is -2.12. The van der Waals surface area contributed by atoms with E-state index in [2.05, 4.69) is 10.5 Å². The van der Waals surface area contributed by atoms with Crippen LogP contribution in [-0.2, 0) is 17.4 Å². The number of aromatic nitrogens is 2. The van der Waals surface area contributed by atoms with Crippen molar-refractivity contribution in [1.82, 2.24) is 9.71 Å². The van der Waals surface area contributed by atoms with E-state index in [1.165, 1.54) is 4.73 Å². The maximum atomic E-state index is 12.8. The van der Waals surface area contributed by atoms with E-state index in [0.717, 1.165) is 33.7 Å². The lowest BCUT2D eigenvalue weighted by Crippen LogP contribution is -2.17. The summed E-state index contributed by atoms with van der Waals surface area (Å²) in [4.78, 5) is 20.6. The molecule has 0 saturated carbocycles. The number of aliphatic carboxylic acids is 1. The fourth-order valence-corrected chi connectivity index (χ4v) is 4.72. The van der Waals surface area contributed by atoms with E-state index < -0.39 is 17.7 Å². The van der Waals surface area contributed by atoms with Gasteiger partial charge in [-0.25, -0.2) is 4.98 Å². The Morgan fingerprint density at radius 2 is 1.90 bits per heavy atom.